The number of benzene rings is 1. The molecule has 1 aromatic carbocycles. The van der Waals surface area contributed by atoms with E-state index < -0.39 is 4.92 Å². The fraction of sp³-hybridized carbons (Fsp3) is 0.462. The molecule has 0 aliphatic carbocycles. The van der Waals surface area contributed by atoms with Gasteiger partial charge >= 0.3 is 0 Å². The average Bonchev–Trinajstić information content (AvgIpc) is 2.47. The van der Waals surface area contributed by atoms with Gasteiger partial charge in [-0.05, 0) is 12.1 Å². The zero-order valence-electron chi connectivity index (χ0n) is 11.5. The van der Waals surface area contributed by atoms with Gasteiger partial charge in [0.25, 0.3) is 5.69 Å². The third-order valence-electron chi connectivity index (χ3n) is 2.78. The van der Waals surface area contributed by atoms with Crippen LogP contribution in [0.2, 0.25) is 0 Å². The molecule has 0 fully saturated rings. The van der Waals surface area contributed by atoms with Crippen LogP contribution >= 0.6 is 0 Å². The molecule has 1 aromatic rings. The fourth-order valence-electron chi connectivity index (χ4n) is 1.78. The zero-order valence-corrected chi connectivity index (χ0v) is 11.5. The van der Waals surface area contributed by atoms with E-state index in [1.165, 1.54) is 13.2 Å². The van der Waals surface area contributed by atoms with Crippen molar-refractivity contribution in [2.45, 2.75) is 6.42 Å². The Morgan fingerprint density at radius 1 is 1.40 bits per heavy atom. The van der Waals surface area contributed by atoms with Crippen molar-refractivity contribution in [3.8, 4) is 11.8 Å². The molecule has 0 atom stereocenters. The third kappa shape index (κ3) is 4.10. The van der Waals surface area contributed by atoms with Crippen molar-refractivity contribution >= 4 is 11.4 Å². The first-order chi connectivity index (χ1) is 9.63. The van der Waals surface area contributed by atoms with Crippen molar-refractivity contribution in [2.24, 2.45) is 0 Å². The highest BCUT2D eigenvalue weighted by Crippen LogP contribution is 2.32. The minimum atomic E-state index is -0.454. The van der Waals surface area contributed by atoms with Crippen LogP contribution in [0.5, 0.6) is 5.75 Å². The summed E-state index contributed by atoms with van der Waals surface area (Å²) >= 11 is 0. The van der Waals surface area contributed by atoms with E-state index in [-0.39, 0.29) is 12.1 Å². The maximum atomic E-state index is 11.2. The fourth-order valence-corrected chi connectivity index (χ4v) is 1.78. The molecule has 0 aliphatic heterocycles. The molecule has 0 spiro atoms. The maximum Gasteiger partial charge on any atom is 0.296 e. The Morgan fingerprint density at radius 2 is 2.15 bits per heavy atom. The second-order valence-electron chi connectivity index (χ2n) is 4.00. The summed E-state index contributed by atoms with van der Waals surface area (Å²) in [5.74, 6) is 0.424. The van der Waals surface area contributed by atoms with Crippen LogP contribution in [0.1, 0.15) is 6.42 Å². The van der Waals surface area contributed by atoms with E-state index in [0.29, 0.717) is 31.1 Å². The number of nitro benzene ring substituents is 1. The largest absolute Gasteiger partial charge is 0.496 e. The summed E-state index contributed by atoms with van der Waals surface area (Å²) in [6, 6.07) is 6.71. The molecule has 0 aromatic heterocycles. The van der Waals surface area contributed by atoms with Gasteiger partial charge in [0.2, 0.25) is 0 Å². The van der Waals surface area contributed by atoms with Crippen LogP contribution in [0.15, 0.2) is 18.2 Å². The molecule has 0 aliphatic rings. The van der Waals surface area contributed by atoms with Crippen LogP contribution in [0.4, 0.5) is 11.4 Å². The van der Waals surface area contributed by atoms with E-state index in [0.717, 1.165) is 0 Å². The van der Waals surface area contributed by atoms with E-state index >= 15 is 0 Å². The number of rotatable bonds is 8. The molecule has 108 valence electrons. The van der Waals surface area contributed by atoms with Gasteiger partial charge in [-0.3, -0.25) is 10.1 Å². The molecule has 0 radical (unpaired) electrons. The zero-order chi connectivity index (χ0) is 15.0. The number of hydrogen-bond donors (Lipinski definition) is 0. The number of anilines is 1. The second-order valence-corrected chi connectivity index (χ2v) is 4.00. The highest BCUT2D eigenvalue weighted by Gasteiger charge is 2.20. The number of nitro groups is 1. The monoisotopic (exact) mass is 279 g/mol. The first-order valence-electron chi connectivity index (χ1n) is 6.07. The summed E-state index contributed by atoms with van der Waals surface area (Å²) in [5.41, 5.74) is 0.418. The highest BCUT2D eigenvalue weighted by molar-refractivity contribution is 5.65. The SMILES string of the molecule is COCCN(CCC#N)c1ccc(OC)cc1[N+](=O)[O-]. The molecule has 7 heteroatoms. The van der Waals surface area contributed by atoms with Crippen LogP contribution in [-0.2, 0) is 4.74 Å². The number of ether oxygens (including phenoxy) is 2. The summed E-state index contributed by atoms with van der Waals surface area (Å²) < 4.78 is 10.0. The Kier molecular flexibility index (Phi) is 6.26. The molecule has 20 heavy (non-hydrogen) atoms. The second kappa shape index (κ2) is 7.96. The summed E-state index contributed by atoms with van der Waals surface area (Å²) in [7, 11) is 3.02. The lowest BCUT2D eigenvalue weighted by molar-refractivity contribution is -0.384. The Bertz CT molecular complexity index is 499. The predicted molar refractivity (Wildman–Crippen MR) is 74.0 cm³/mol. The van der Waals surface area contributed by atoms with Crippen molar-refractivity contribution in [1.82, 2.24) is 0 Å². The van der Waals surface area contributed by atoms with Gasteiger partial charge in [0.1, 0.15) is 11.4 Å². The quantitative estimate of drug-likeness (QED) is 0.534. The van der Waals surface area contributed by atoms with Gasteiger partial charge in [0.05, 0.1) is 37.2 Å². The van der Waals surface area contributed by atoms with Gasteiger partial charge in [-0.25, -0.2) is 0 Å². The summed E-state index contributed by atoms with van der Waals surface area (Å²) in [6.45, 7) is 1.31. The van der Waals surface area contributed by atoms with Crippen LogP contribution < -0.4 is 9.64 Å². The molecule has 0 unspecified atom stereocenters. The lowest BCUT2D eigenvalue weighted by Gasteiger charge is -2.23. The molecule has 0 bridgehead atoms. The molecule has 1 rings (SSSR count). The molecule has 0 N–H and O–H groups in total. The summed E-state index contributed by atoms with van der Waals surface area (Å²) in [4.78, 5) is 12.5. The van der Waals surface area contributed by atoms with Crippen molar-refractivity contribution in [3.05, 3.63) is 28.3 Å². The standard InChI is InChI=1S/C13H17N3O4/c1-19-9-8-15(7-3-6-14)12-5-4-11(20-2)10-13(12)16(17)18/h4-5,10H,3,7-9H2,1-2H3. The number of hydrogen-bond acceptors (Lipinski definition) is 6. The Labute approximate surface area is 117 Å². The van der Waals surface area contributed by atoms with Crippen molar-refractivity contribution in [1.29, 1.82) is 5.26 Å². The van der Waals surface area contributed by atoms with Gasteiger partial charge in [0, 0.05) is 20.2 Å². The normalized spacial score (nSPS) is 9.85. The van der Waals surface area contributed by atoms with E-state index in [1.807, 2.05) is 6.07 Å². The first-order valence-corrected chi connectivity index (χ1v) is 6.07. The van der Waals surface area contributed by atoms with Crippen LogP contribution in [0, 0.1) is 21.4 Å². The Morgan fingerprint density at radius 3 is 2.70 bits per heavy atom. The maximum absolute atomic E-state index is 11.2. The first kappa shape index (κ1) is 15.7. The number of methoxy groups -OCH3 is 2. The topological polar surface area (TPSA) is 88.6 Å². The highest BCUT2D eigenvalue weighted by atomic mass is 16.6. The van der Waals surface area contributed by atoms with Gasteiger partial charge < -0.3 is 14.4 Å². The van der Waals surface area contributed by atoms with Gasteiger partial charge in [-0.15, -0.1) is 0 Å². The summed E-state index contributed by atoms with van der Waals surface area (Å²) in [5, 5.41) is 19.9. The van der Waals surface area contributed by atoms with Crippen molar-refractivity contribution < 1.29 is 14.4 Å². The summed E-state index contributed by atoms with van der Waals surface area (Å²) in [6.07, 6.45) is 0.285. The molecule has 0 heterocycles. The molecule has 7 nitrogen and oxygen atoms in total. The predicted octanol–water partition coefficient (Wildman–Crippen LogP) is 1.97. The molecule has 0 amide bonds. The third-order valence-corrected chi connectivity index (χ3v) is 2.78. The minimum absolute atomic E-state index is 0.0432. The van der Waals surface area contributed by atoms with E-state index in [9.17, 15) is 10.1 Å². The Hall–Kier alpha value is -2.33. The van der Waals surface area contributed by atoms with E-state index in [4.69, 9.17) is 14.7 Å². The van der Waals surface area contributed by atoms with Crippen molar-refractivity contribution in [3.63, 3.8) is 0 Å². The van der Waals surface area contributed by atoms with E-state index in [1.54, 1.807) is 24.1 Å². The molecular formula is C13H17N3O4. The van der Waals surface area contributed by atoms with Gasteiger partial charge in [-0.2, -0.15) is 5.26 Å². The number of nitriles is 1. The van der Waals surface area contributed by atoms with E-state index in [2.05, 4.69) is 0 Å². The van der Waals surface area contributed by atoms with Crippen LogP contribution in [0.3, 0.4) is 0 Å². The van der Waals surface area contributed by atoms with Gasteiger partial charge in [0.15, 0.2) is 0 Å². The molecule has 0 saturated heterocycles. The van der Waals surface area contributed by atoms with Crippen molar-refractivity contribution in [2.75, 3.05) is 38.8 Å². The minimum Gasteiger partial charge on any atom is -0.496 e. The van der Waals surface area contributed by atoms with Crippen LogP contribution in [-0.4, -0.2) is 38.8 Å². The molecule has 0 saturated carbocycles. The average molecular weight is 279 g/mol. The smallest absolute Gasteiger partial charge is 0.296 e. The lowest BCUT2D eigenvalue weighted by Crippen LogP contribution is -2.28. The Balaban J connectivity index is 3.10. The number of nitrogens with zero attached hydrogens (tertiary/aromatic N) is 3. The lowest BCUT2D eigenvalue weighted by atomic mass is 10.2. The molecular weight excluding hydrogens is 262 g/mol. The van der Waals surface area contributed by atoms with Crippen LogP contribution in [0.25, 0.3) is 0 Å². The van der Waals surface area contributed by atoms with Gasteiger partial charge in [-0.1, -0.05) is 0 Å².